The quantitative estimate of drug-likeness (QED) is 0.802. The summed E-state index contributed by atoms with van der Waals surface area (Å²) in [6, 6.07) is 4.16. The van der Waals surface area contributed by atoms with E-state index in [9.17, 15) is 0 Å². The van der Waals surface area contributed by atoms with E-state index in [1.165, 1.54) is 5.56 Å². The molecule has 0 spiro atoms. The number of pyridine rings is 1. The molecule has 0 amide bonds. The molecule has 0 aliphatic heterocycles. The van der Waals surface area contributed by atoms with Gasteiger partial charge in [0.05, 0.1) is 0 Å². The molecule has 0 aromatic carbocycles. The molecule has 84 valence electrons. The predicted octanol–water partition coefficient (Wildman–Crippen LogP) is 1.95. The van der Waals surface area contributed by atoms with E-state index in [1.54, 1.807) is 0 Å². The summed E-state index contributed by atoms with van der Waals surface area (Å²) < 4.78 is 0. The van der Waals surface area contributed by atoms with Gasteiger partial charge in [-0.1, -0.05) is 13.8 Å². The molecule has 0 saturated carbocycles. The molecular weight excluding hydrogens is 186 g/mol. The average Bonchev–Trinajstić information content (AvgIpc) is 2.28. The minimum Gasteiger partial charge on any atom is -0.360 e. The van der Waals surface area contributed by atoms with Gasteiger partial charge in [-0.25, -0.2) is 4.98 Å². The van der Waals surface area contributed by atoms with Gasteiger partial charge in [-0.3, -0.25) is 0 Å². The normalized spacial score (nSPS) is 10.4. The molecule has 1 heterocycles. The Morgan fingerprint density at radius 3 is 2.60 bits per heavy atom. The SMILES string of the molecule is CCCN(C)c1cc(CN)cc(CC)n1. The van der Waals surface area contributed by atoms with Gasteiger partial charge in [0.2, 0.25) is 0 Å². The fourth-order valence-corrected chi connectivity index (χ4v) is 1.58. The third-order valence-corrected chi connectivity index (χ3v) is 2.47. The Balaban J connectivity index is 2.95. The standard InChI is InChI=1S/C12H21N3/c1-4-6-15(3)12-8-10(9-13)7-11(5-2)14-12/h7-8H,4-6,9,13H2,1-3H3. The van der Waals surface area contributed by atoms with E-state index in [0.29, 0.717) is 6.54 Å². The molecule has 0 atom stereocenters. The van der Waals surface area contributed by atoms with Crippen molar-refractivity contribution in [1.82, 2.24) is 4.98 Å². The smallest absolute Gasteiger partial charge is 0.128 e. The van der Waals surface area contributed by atoms with Crippen molar-refractivity contribution in [2.75, 3.05) is 18.5 Å². The van der Waals surface area contributed by atoms with Crippen LogP contribution in [0.4, 0.5) is 5.82 Å². The zero-order valence-electron chi connectivity index (χ0n) is 9.95. The van der Waals surface area contributed by atoms with Crippen LogP contribution in [0.15, 0.2) is 12.1 Å². The molecule has 0 fully saturated rings. The highest BCUT2D eigenvalue weighted by Gasteiger charge is 2.04. The fourth-order valence-electron chi connectivity index (χ4n) is 1.58. The third-order valence-electron chi connectivity index (χ3n) is 2.47. The van der Waals surface area contributed by atoms with Gasteiger partial charge >= 0.3 is 0 Å². The minimum atomic E-state index is 0.586. The number of aryl methyl sites for hydroxylation is 1. The van der Waals surface area contributed by atoms with Crippen LogP contribution in [-0.2, 0) is 13.0 Å². The molecule has 1 rings (SSSR count). The second-order valence-electron chi connectivity index (χ2n) is 3.80. The molecule has 1 aromatic rings. The summed E-state index contributed by atoms with van der Waals surface area (Å²) >= 11 is 0. The van der Waals surface area contributed by atoms with E-state index in [-0.39, 0.29) is 0 Å². The predicted molar refractivity (Wildman–Crippen MR) is 65.1 cm³/mol. The van der Waals surface area contributed by atoms with Gasteiger partial charge in [0.15, 0.2) is 0 Å². The Hall–Kier alpha value is -1.09. The van der Waals surface area contributed by atoms with Crippen molar-refractivity contribution in [3.63, 3.8) is 0 Å². The summed E-state index contributed by atoms with van der Waals surface area (Å²) in [5.74, 6) is 1.04. The zero-order chi connectivity index (χ0) is 11.3. The van der Waals surface area contributed by atoms with Gasteiger partial charge in [0, 0.05) is 25.8 Å². The van der Waals surface area contributed by atoms with Gasteiger partial charge in [-0.15, -0.1) is 0 Å². The molecule has 0 aliphatic carbocycles. The zero-order valence-corrected chi connectivity index (χ0v) is 9.95. The van der Waals surface area contributed by atoms with Gasteiger partial charge in [0.1, 0.15) is 5.82 Å². The second-order valence-corrected chi connectivity index (χ2v) is 3.80. The monoisotopic (exact) mass is 207 g/mol. The van der Waals surface area contributed by atoms with Gasteiger partial charge < -0.3 is 10.6 Å². The van der Waals surface area contributed by atoms with E-state index in [1.807, 2.05) is 0 Å². The number of aromatic nitrogens is 1. The van der Waals surface area contributed by atoms with Crippen LogP contribution in [-0.4, -0.2) is 18.6 Å². The van der Waals surface area contributed by atoms with E-state index in [2.05, 4.69) is 42.9 Å². The lowest BCUT2D eigenvalue weighted by atomic mass is 10.2. The first-order valence-electron chi connectivity index (χ1n) is 5.62. The number of hydrogen-bond acceptors (Lipinski definition) is 3. The lowest BCUT2D eigenvalue weighted by molar-refractivity contribution is 0.827. The maximum absolute atomic E-state index is 5.67. The van der Waals surface area contributed by atoms with Crippen molar-refractivity contribution in [1.29, 1.82) is 0 Å². The number of nitrogens with two attached hydrogens (primary N) is 1. The van der Waals surface area contributed by atoms with E-state index >= 15 is 0 Å². The first-order valence-corrected chi connectivity index (χ1v) is 5.62. The molecule has 3 heteroatoms. The van der Waals surface area contributed by atoms with Crippen LogP contribution in [0.25, 0.3) is 0 Å². The topological polar surface area (TPSA) is 42.1 Å². The molecule has 15 heavy (non-hydrogen) atoms. The lowest BCUT2D eigenvalue weighted by Crippen LogP contribution is -2.20. The van der Waals surface area contributed by atoms with Crippen LogP contribution >= 0.6 is 0 Å². The highest BCUT2D eigenvalue weighted by Crippen LogP contribution is 2.14. The molecule has 3 nitrogen and oxygen atoms in total. The molecule has 0 aliphatic rings. The summed E-state index contributed by atoms with van der Waals surface area (Å²) in [6.07, 6.45) is 2.09. The molecule has 0 bridgehead atoms. The number of nitrogens with zero attached hydrogens (tertiary/aromatic N) is 2. The molecule has 0 unspecified atom stereocenters. The van der Waals surface area contributed by atoms with Crippen LogP contribution in [0.3, 0.4) is 0 Å². The van der Waals surface area contributed by atoms with Gasteiger partial charge in [0.25, 0.3) is 0 Å². The molecule has 1 aromatic heterocycles. The van der Waals surface area contributed by atoms with Crippen LogP contribution < -0.4 is 10.6 Å². The highest BCUT2D eigenvalue weighted by atomic mass is 15.2. The van der Waals surface area contributed by atoms with Crippen molar-refractivity contribution in [2.24, 2.45) is 5.73 Å². The van der Waals surface area contributed by atoms with Gasteiger partial charge in [-0.2, -0.15) is 0 Å². The number of rotatable bonds is 5. The van der Waals surface area contributed by atoms with E-state index in [4.69, 9.17) is 5.73 Å². The summed E-state index contributed by atoms with van der Waals surface area (Å²) in [7, 11) is 2.07. The van der Waals surface area contributed by atoms with E-state index in [0.717, 1.165) is 30.9 Å². The summed E-state index contributed by atoms with van der Waals surface area (Å²) in [5.41, 5.74) is 7.96. The van der Waals surface area contributed by atoms with Crippen LogP contribution in [0, 0.1) is 0 Å². The first kappa shape index (κ1) is 12.0. The third kappa shape index (κ3) is 3.20. The molecule has 0 radical (unpaired) electrons. The second kappa shape index (κ2) is 5.71. The lowest BCUT2D eigenvalue weighted by Gasteiger charge is -2.18. The van der Waals surface area contributed by atoms with Crippen molar-refractivity contribution in [2.45, 2.75) is 33.2 Å². The summed E-state index contributed by atoms with van der Waals surface area (Å²) in [6.45, 7) is 5.91. The summed E-state index contributed by atoms with van der Waals surface area (Å²) in [4.78, 5) is 6.77. The van der Waals surface area contributed by atoms with Crippen LogP contribution in [0.2, 0.25) is 0 Å². The average molecular weight is 207 g/mol. The largest absolute Gasteiger partial charge is 0.360 e. The van der Waals surface area contributed by atoms with Crippen molar-refractivity contribution >= 4 is 5.82 Å². The molecule has 2 N–H and O–H groups in total. The number of anilines is 1. The van der Waals surface area contributed by atoms with Crippen molar-refractivity contribution < 1.29 is 0 Å². The highest BCUT2D eigenvalue weighted by molar-refractivity contribution is 5.42. The maximum atomic E-state index is 5.67. The van der Waals surface area contributed by atoms with Crippen LogP contribution in [0.5, 0.6) is 0 Å². The van der Waals surface area contributed by atoms with Crippen molar-refractivity contribution in [3.05, 3.63) is 23.4 Å². The Labute approximate surface area is 92.3 Å². The summed E-state index contributed by atoms with van der Waals surface area (Å²) in [5, 5.41) is 0. The fraction of sp³-hybridized carbons (Fsp3) is 0.583. The van der Waals surface area contributed by atoms with E-state index < -0.39 is 0 Å². The first-order chi connectivity index (χ1) is 7.21. The Bertz CT molecular complexity index is 287. The Kier molecular flexibility index (Phi) is 4.56. The minimum absolute atomic E-state index is 0.586. The Morgan fingerprint density at radius 2 is 2.07 bits per heavy atom. The van der Waals surface area contributed by atoms with Crippen LogP contribution in [0.1, 0.15) is 31.5 Å². The molecule has 0 saturated heterocycles. The number of hydrogen-bond donors (Lipinski definition) is 1. The Morgan fingerprint density at radius 1 is 1.33 bits per heavy atom. The maximum Gasteiger partial charge on any atom is 0.128 e. The molecular formula is C12H21N3. The van der Waals surface area contributed by atoms with Crippen molar-refractivity contribution in [3.8, 4) is 0 Å². The van der Waals surface area contributed by atoms with Gasteiger partial charge in [-0.05, 0) is 30.5 Å².